The summed E-state index contributed by atoms with van der Waals surface area (Å²) in [4.78, 5) is 29.6. The van der Waals surface area contributed by atoms with Crippen LogP contribution in [-0.2, 0) is 9.47 Å². The van der Waals surface area contributed by atoms with E-state index in [1.165, 1.54) is 28.2 Å². The Labute approximate surface area is 144 Å². The monoisotopic (exact) mass is 349 g/mol. The van der Waals surface area contributed by atoms with Gasteiger partial charge in [0.25, 0.3) is 0 Å². The number of hydrogen-bond acceptors (Lipinski definition) is 6. The van der Waals surface area contributed by atoms with Gasteiger partial charge >= 0.3 is 12.2 Å². The van der Waals surface area contributed by atoms with Crippen molar-refractivity contribution in [1.82, 2.24) is 14.5 Å². The maximum atomic E-state index is 11.8. The number of hydrogen-bond donors (Lipinski definition) is 0. The third-order valence-electron chi connectivity index (χ3n) is 3.00. The van der Waals surface area contributed by atoms with E-state index < -0.39 is 12.2 Å². The average Bonchev–Trinajstić information content (AvgIpc) is 3.14. The minimum Gasteiger partial charge on any atom is -0.449 e. The first-order valence-electron chi connectivity index (χ1n) is 7.37. The Balaban J connectivity index is 1.57. The van der Waals surface area contributed by atoms with Gasteiger partial charge in [-0.15, -0.1) is 11.8 Å². The van der Waals surface area contributed by atoms with Crippen LogP contribution in [-0.4, -0.2) is 59.2 Å². The van der Waals surface area contributed by atoms with Crippen molar-refractivity contribution in [2.75, 3.05) is 32.6 Å². The van der Waals surface area contributed by atoms with Crippen molar-refractivity contribution in [3.8, 4) is 0 Å². The molecule has 0 spiro atoms. The molecule has 0 saturated heterocycles. The molecule has 2 rings (SSSR count). The van der Waals surface area contributed by atoms with Gasteiger partial charge in [0.2, 0.25) is 0 Å². The molecule has 0 unspecified atom stereocenters. The summed E-state index contributed by atoms with van der Waals surface area (Å²) in [6, 6.07) is 9.90. The Hall–Kier alpha value is -2.48. The molecule has 0 aliphatic rings. The van der Waals surface area contributed by atoms with Crippen LogP contribution >= 0.6 is 11.8 Å². The lowest BCUT2D eigenvalue weighted by Gasteiger charge is -2.16. The number of likely N-dealkylation sites (N-methyl/N-ethyl adjacent to an activating group) is 1. The summed E-state index contributed by atoms with van der Waals surface area (Å²) in [7, 11) is 1.59. The SMILES string of the molecule is CN(CCOC(=O)n1ccnc1)C(=O)OCCSc1ccccc1. The summed E-state index contributed by atoms with van der Waals surface area (Å²) < 4.78 is 11.4. The fourth-order valence-corrected chi connectivity index (χ4v) is 2.47. The van der Waals surface area contributed by atoms with Crippen LogP contribution < -0.4 is 0 Å². The maximum Gasteiger partial charge on any atom is 0.419 e. The number of carbonyl (C=O) groups is 2. The highest BCUT2D eigenvalue weighted by Crippen LogP contribution is 2.16. The normalized spacial score (nSPS) is 10.2. The zero-order valence-electron chi connectivity index (χ0n) is 13.3. The van der Waals surface area contributed by atoms with E-state index in [0.717, 1.165) is 4.90 Å². The van der Waals surface area contributed by atoms with E-state index in [1.807, 2.05) is 30.3 Å². The highest BCUT2D eigenvalue weighted by atomic mass is 32.2. The van der Waals surface area contributed by atoms with Crippen LogP contribution in [0.15, 0.2) is 53.9 Å². The molecule has 128 valence electrons. The van der Waals surface area contributed by atoms with Crippen molar-refractivity contribution < 1.29 is 19.1 Å². The molecule has 0 aliphatic carbocycles. The van der Waals surface area contributed by atoms with E-state index in [-0.39, 0.29) is 13.2 Å². The minimum absolute atomic E-state index is 0.0847. The number of carbonyl (C=O) groups excluding carboxylic acids is 2. The van der Waals surface area contributed by atoms with Gasteiger partial charge in [-0.05, 0) is 12.1 Å². The highest BCUT2D eigenvalue weighted by Gasteiger charge is 2.11. The van der Waals surface area contributed by atoms with Gasteiger partial charge in [-0.1, -0.05) is 18.2 Å². The van der Waals surface area contributed by atoms with Crippen molar-refractivity contribution in [2.45, 2.75) is 4.90 Å². The average molecular weight is 349 g/mol. The molecule has 0 saturated carbocycles. The van der Waals surface area contributed by atoms with E-state index in [0.29, 0.717) is 12.4 Å². The van der Waals surface area contributed by atoms with Gasteiger partial charge in [0, 0.05) is 30.1 Å². The van der Waals surface area contributed by atoms with Gasteiger partial charge in [0.15, 0.2) is 0 Å². The van der Waals surface area contributed by atoms with Gasteiger partial charge in [-0.3, -0.25) is 0 Å². The molecule has 0 aliphatic heterocycles. The zero-order chi connectivity index (χ0) is 17.2. The second-order valence-corrected chi connectivity index (χ2v) is 5.95. The molecule has 0 atom stereocenters. The second kappa shape index (κ2) is 9.61. The maximum absolute atomic E-state index is 11.8. The number of thioether (sulfide) groups is 1. The first-order valence-corrected chi connectivity index (χ1v) is 8.36. The topological polar surface area (TPSA) is 73.7 Å². The number of nitrogens with zero attached hydrogens (tertiary/aromatic N) is 3. The number of ether oxygens (including phenoxy) is 2. The van der Waals surface area contributed by atoms with Gasteiger partial charge in [0.05, 0.1) is 6.54 Å². The van der Waals surface area contributed by atoms with E-state index >= 15 is 0 Å². The third-order valence-corrected chi connectivity index (χ3v) is 3.98. The number of rotatable bonds is 7. The largest absolute Gasteiger partial charge is 0.449 e. The molecule has 7 nitrogen and oxygen atoms in total. The van der Waals surface area contributed by atoms with Gasteiger partial charge in [0.1, 0.15) is 19.5 Å². The van der Waals surface area contributed by atoms with E-state index in [2.05, 4.69) is 4.98 Å². The van der Waals surface area contributed by atoms with Crippen LogP contribution in [0.5, 0.6) is 0 Å². The lowest BCUT2D eigenvalue weighted by molar-refractivity contribution is 0.100. The highest BCUT2D eigenvalue weighted by molar-refractivity contribution is 7.99. The molecule has 0 N–H and O–H groups in total. The third kappa shape index (κ3) is 5.96. The summed E-state index contributed by atoms with van der Waals surface area (Å²) in [5, 5.41) is 0. The number of benzene rings is 1. The standard InChI is InChI=1S/C16H19N3O4S/c1-18(9-10-22-16(21)19-8-7-17-13-19)15(20)23-11-12-24-14-5-3-2-4-6-14/h2-8,13H,9-12H2,1H3. The molecule has 8 heteroatoms. The number of imidazole rings is 1. The molecular weight excluding hydrogens is 330 g/mol. The van der Waals surface area contributed by atoms with Crippen LogP contribution in [0.4, 0.5) is 9.59 Å². The summed E-state index contributed by atoms with van der Waals surface area (Å²) in [6.07, 6.45) is 3.35. The Morgan fingerprint density at radius 3 is 2.71 bits per heavy atom. The molecule has 1 aromatic carbocycles. The molecule has 2 aromatic rings. The molecular formula is C16H19N3O4S. The van der Waals surface area contributed by atoms with Crippen molar-refractivity contribution >= 4 is 23.9 Å². The Bertz CT molecular complexity index is 634. The lowest BCUT2D eigenvalue weighted by atomic mass is 10.4. The Kier molecular flexibility index (Phi) is 7.16. The molecule has 0 bridgehead atoms. The quantitative estimate of drug-likeness (QED) is 0.565. The van der Waals surface area contributed by atoms with Crippen LogP contribution in [0, 0.1) is 0 Å². The van der Waals surface area contributed by atoms with Crippen LogP contribution in [0.3, 0.4) is 0 Å². The van der Waals surface area contributed by atoms with Crippen LogP contribution in [0.2, 0.25) is 0 Å². The number of aromatic nitrogens is 2. The van der Waals surface area contributed by atoms with E-state index in [1.54, 1.807) is 18.8 Å². The minimum atomic E-state index is -0.534. The predicted molar refractivity (Wildman–Crippen MR) is 90.1 cm³/mol. The first-order chi connectivity index (χ1) is 11.7. The summed E-state index contributed by atoms with van der Waals surface area (Å²) in [6.45, 7) is 0.657. The summed E-state index contributed by atoms with van der Waals surface area (Å²) >= 11 is 1.62. The summed E-state index contributed by atoms with van der Waals surface area (Å²) in [5.41, 5.74) is 0. The number of amides is 1. The molecule has 1 aromatic heterocycles. The zero-order valence-corrected chi connectivity index (χ0v) is 14.1. The smallest absolute Gasteiger partial charge is 0.419 e. The van der Waals surface area contributed by atoms with Crippen molar-refractivity contribution in [2.24, 2.45) is 0 Å². The summed E-state index contributed by atoms with van der Waals surface area (Å²) in [5.74, 6) is 0.680. The molecule has 1 heterocycles. The Morgan fingerprint density at radius 2 is 2.00 bits per heavy atom. The lowest BCUT2D eigenvalue weighted by Crippen LogP contribution is -2.32. The van der Waals surface area contributed by atoms with Crippen molar-refractivity contribution in [3.63, 3.8) is 0 Å². The predicted octanol–water partition coefficient (Wildman–Crippen LogP) is 2.73. The molecule has 0 radical (unpaired) electrons. The van der Waals surface area contributed by atoms with Crippen LogP contribution in [0.1, 0.15) is 0 Å². The molecule has 24 heavy (non-hydrogen) atoms. The van der Waals surface area contributed by atoms with Crippen molar-refractivity contribution in [1.29, 1.82) is 0 Å². The molecule has 1 amide bonds. The van der Waals surface area contributed by atoms with Gasteiger partial charge < -0.3 is 14.4 Å². The van der Waals surface area contributed by atoms with E-state index in [9.17, 15) is 9.59 Å². The van der Waals surface area contributed by atoms with Gasteiger partial charge in [-0.2, -0.15) is 0 Å². The first kappa shape index (κ1) is 17.9. The fourth-order valence-electron chi connectivity index (χ4n) is 1.72. The Morgan fingerprint density at radius 1 is 1.21 bits per heavy atom. The van der Waals surface area contributed by atoms with Crippen molar-refractivity contribution in [3.05, 3.63) is 49.1 Å². The molecule has 0 fully saturated rings. The van der Waals surface area contributed by atoms with Crippen LogP contribution in [0.25, 0.3) is 0 Å². The second-order valence-electron chi connectivity index (χ2n) is 4.78. The fraction of sp³-hybridized carbons (Fsp3) is 0.312. The van der Waals surface area contributed by atoms with Gasteiger partial charge in [-0.25, -0.2) is 19.1 Å². The van der Waals surface area contributed by atoms with E-state index in [4.69, 9.17) is 9.47 Å².